The lowest BCUT2D eigenvalue weighted by Gasteiger charge is -2.23. The minimum absolute atomic E-state index is 0.0345. The number of nitrogens with zero attached hydrogens (tertiary/aromatic N) is 1. The van der Waals surface area contributed by atoms with Crippen LogP contribution >= 0.6 is 0 Å². The molecule has 98 valence electrons. The number of aliphatic carboxylic acids is 1. The molecule has 0 aromatic heterocycles. The molecule has 0 aliphatic carbocycles. The minimum atomic E-state index is -1.16. The zero-order valence-corrected chi connectivity index (χ0v) is 9.50. The van der Waals surface area contributed by atoms with Gasteiger partial charge in [-0.15, -0.1) is 6.58 Å². The van der Waals surface area contributed by atoms with Crippen LogP contribution in [0, 0.1) is 0 Å². The van der Waals surface area contributed by atoms with Crippen LogP contribution in [-0.2, 0) is 4.79 Å². The third kappa shape index (κ3) is 5.88. The number of urea groups is 1. The zero-order valence-electron chi connectivity index (χ0n) is 9.50. The highest BCUT2D eigenvalue weighted by molar-refractivity contribution is 5.82. The zero-order chi connectivity index (χ0) is 13.3. The molecule has 7 nitrogen and oxygen atoms in total. The number of nitrogens with one attached hydrogen (secondary N) is 1. The van der Waals surface area contributed by atoms with Gasteiger partial charge in [-0.3, -0.25) is 0 Å². The normalized spacial score (nSPS) is 11.6. The molecule has 0 aromatic carbocycles. The molecule has 0 fully saturated rings. The van der Waals surface area contributed by atoms with Crippen molar-refractivity contribution in [3.8, 4) is 0 Å². The first kappa shape index (κ1) is 15.4. The molecule has 4 N–H and O–H groups in total. The first-order valence-electron chi connectivity index (χ1n) is 5.17. The fourth-order valence-corrected chi connectivity index (χ4v) is 1.18. The number of carboxylic acids is 1. The van der Waals surface area contributed by atoms with Gasteiger partial charge in [0.2, 0.25) is 0 Å². The van der Waals surface area contributed by atoms with Gasteiger partial charge in [-0.05, 0) is 6.42 Å². The van der Waals surface area contributed by atoms with E-state index >= 15 is 0 Å². The van der Waals surface area contributed by atoms with E-state index in [1.54, 1.807) is 0 Å². The summed E-state index contributed by atoms with van der Waals surface area (Å²) >= 11 is 0. The molecule has 1 unspecified atom stereocenters. The molecule has 0 heterocycles. The highest BCUT2D eigenvalue weighted by Crippen LogP contribution is 1.96. The maximum Gasteiger partial charge on any atom is 0.326 e. The Balaban J connectivity index is 4.43. The van der Waals surface area contributed by atoms with Gasteiger partial charge >= 0.3 is 12.0 Å². The van der Waals surface area contributed by atoms with Crippen molar-refractivity contribution in [2.24, 2.45) is 0 Å². The lowest BCUT2D eigenvalue weighted by molar-refractivity contribution is -0.139. The first-order chi connectivity index (χ1) is 8.06. The monoisotopic (exact) mass is 246 g/mol. The van der Waals surface area contributed by atoms with Gasteiger partial charge in [0.15, 0.2) is 0 Å². The van der Waals surface area contributed by atoms with E-state index in [1.165, 1.54) is 6.08 Å². The summed E-state index contributed by atoms with van der Waals surface area (Å²) in [6, 6.07) is -1.69. The Kier molecular flexibility index (Phi) is 7.74. The quantitative estimate of drug-likeness (QED) is 0.411. The van der Waals surface area contributed by atoms with Crippen LogP contribution in [0.1, 0.15) is 6.42 Å². The number of amides is 2. The molecule has 0 aliphatic rings. The summed E-state index contributed by atoms with van der Waals surface area (Å²) in [5.41, 5.74) is 0. The molecule has 1 atom stereocenters. The second-order valence-electron chi connectivity index (χ2n) is 3.30. The van der Waals surface area contributed by atoms with Crippen molar-refractivity contribution >= 4 is 12.0 Å². The molecular weight excluding hydrogens is 228 g/mol. The molecule has 2 amide bonds. The van der Waals surface area contributed by atoms with E-state index in [-0.39, 0.29) is 32.7 Å². The van der Waals surface area contributed by atoms with Gasteiger partial charge in [-0.25, -0.2) is 9.59 Å². The standard InChI is InChI=1S/C10H18N2O5/c1-2-3-8(9(15)16)11-10(17)12(4-6-13)5-7-14/h2,8,13-14H,1,3-7H2,(H,11,17)(H,15,16). The van der Waals surface area contributed by atoms with Gasteiger partial charge in [0.05, 0.1) is 13.2 Å². The Labute approximate surface area is 99.3 Å². The Hall–Kier alpha value is -1.60. The molecule has 0 saturated carbocycles. The number of hydrogen-bond acceptors (Lipinski definition) is 4. The van der Waals surface area contributed by atoms with Crippen LogP contribution in [-0.4, -0.2) is 64.6 Å². The van der Waals surface area contributed by atoms with Gasteiger partial charge in [0.25, 0.3) is 0 Å². The van der Waals surface area contributed by atoms with Crippen LogP contribution in [0.15, 0.2) is 12.7 Å². The summed E-state index contributed by atoms with van der Waals surface area (Å²) in [5, 5.41) is 28.5. The van der Waals surface area contributed by atoms with Gasteiger partial charge in [0.1, 0.15) is 6.04 Å². The topological polar surface area (TPSA) is 110 Å². The molecule has 0 aromatic rings. The van der Waals surface area contributed by atoms with Crippen molar-refractivity contribution in [3.05, 3.63) is 12.7 Å². The predicted molar refractivity (Wildman–Crippen MR) is 60.5 cm³/mol. The third-order valence-corrected chi connectivity index (χ3v) is 2.03. The number of carboxylic acid groups (broad SMARTS) is 1. The Bertz CT molecular complexity index is 263. The molecule has 0 spiro atoms. The molecule has 0 rings (SSSR count). The van der Waals surface area contributed by atoms with Crippen molar-refractivity contribution < 1.29 is 24.9 Å². The summed E-state index contributed by atoms with van der Waals surface area (Å²) in [6.07, 6.45) is 1.49. The number of aliphatic hydroxyl groups is 2. The molecule has 17 heavy (non-hydrogen) atoms. The number of carbonyl (C=O) groups excluding carboxylic acids is 1. The molecule has 0 aliphatic heterocycles. The highest BCUT2D eigenvalue weighted by Gasteiger charge is 2.21. The fraction of sp³-hybridized carbons (Fsp3) is 0.600. The van der Waals surface area contributed by atoms with E-state index in [4.69, 9.17) is 15.3 Å². The van der Waals surface area contributed by atoms with Crippen molar-refractivity contribution in [1.82, 2.24) is 10.2 Å². The van der Waals surface area contributed by atoms with Crippen LogP contribution in [0.4, 0.5) is 4.79 Å². The van der Waals surface area contributed by atoms with Crippen molar-refractivity contribution in [2.75, 3.05) is 26.3 Å². The van der Waals surface area contributed by atoms with Gasteiger partial charge in [-0.2, -0.15) is 0 Å². The van der Waals surface area contributed by atoms with Crippen LogP contribution in [0.25, 0.3) is 0 Å². The van der Waals surface area contributed by atoms with Gasteiger partial charge in [0, 0.05) is 13.1 Å². The lowest BCUT2D eigenvalue weighted by Crippen LogP contribution is -2.49. The van der Waals surface area contributed by atoms with E-state index in [0.29, 0.717) is 0 Å². The average Bonchev–Trinajstić information content (AvgIpc) is 2.28. The molecule has 0 bridgehead atoms. The van der Waals surface area contributed by atoms with Crippen molar-refractivity contribution in [3.63, 3.8) is 0 Å². The second kappa shape index (κ2) is 8.54. The van der Waals surface area contributed by atoms with Crippen LogP contribution < -0.4 is 5.32 Å². The minimum Gasteiger partial charge on any atom is -0.480 e. The van der Waals surface area contributed by atoms with E-state index < -0.39 is 18.0 Å². The summed E-state index contributed by atoms with van der Waals surface area (Å²) in [7, 11) is 0. The van der Waals surface area contributed by atoms with Gasteiger partial charge < -0.3 is 25.5 Å². The lowest BCUT2D eigenvalue weighted by atomic mass is 10.2. The summed E-state index contributed by atoms with van der Waals surface area (Å²) < 4.78 is 0. The molecular formula is C10H18N2O5. The Morgan fingerprint density at radius 2 is 1.82 bits per heavy atom. The largest absolute Gasteiger partial charge is 0.480 e. The van der Waals surface area contributed by atoms with Crippen LogP contribution in [0.2, 0.25) is 0 Å². The smallest absolute Gasteiger partial charge is 0.326 e. The second-order valence-corrected chi connectivity index (χ2v) is 3.30. The summed E-state index contributed by atoms with van der Waals surface area (Å²) in [4.78, 5) is 23.5. The number of aliphatic hydroxyl groups excluding tert-OH is 2. The fourth-order valence-electron chi connectivity index (χ4n) is 1.18. The van der Waals surface area contributed by atoms with Crippen LogP contribution in [0.3, 0.4) is 0 Å². The van der Waals surface area contributed by atoms with Gasteiger partial charge in [-0.1, -0.05) is 6.08 Å². The van der Waals surface area contributed by atoms with Crippen molar-refractivity contribution in [1.29, 1.82) is 0 Å². The number of rotatable bonds is 8. The van der Waals surface area contributed by atoms with E-state index in [1.807, 2.05) is 0 Å². The molecule has 0 saturated heterocycles. The third-order valence-electron chi connectivity index (χ3n) is 2.03. The average molecular weight is 246 g/mol. The van der Waals surface area contributed by atoms with E-state index in [2.05, 4.69) is 11.9 Å². The molecule has 0 radical (unpaired) electrons. The molecule has 7 heteroatoms. The van der Waals surface area contributed by atoms with Crippen LogP contribution in [0.5, 0.6) is 0 Å². The van der Waals surface area contributed by atoms with Crippen molar-refractivity contribution in [2.45, 2.75) is 12.5 Å². The maximum absolute atomic E-state index is 11.6. The highest BCUT2D eigenvalue weighted by atomic mass is 16.4. The Morgan fingerprint density at radius 3 is 2.18 bits per heavy atom. The van der Waals surface area contributed by atoms with E-state index in [0.717, 1.165) is 4.90 Å². The summed E-state index contributed by atoms with van der Waals surface area (Å²) in [5.74, 6) is -1.16. The van der Waals surface area contributed by atoms with E-state index in [9.17, 15) is 9.59 Å². The summed E-state index contributed by atoms with van der Waals surface area (Å²) in [6.45, 7) is 2.95. The predicted octanol–water partition coefficient (Wildman–Crippen LogP) is -0.988. The SMILES string of the molecule is C=CCC(NC(=O)N(CCO)CCO)C(=O)O. The number of hydrogen-bond donors (Lipinski definition) is 4. The maximum atomic E-state index is 11.6. The first-order valence-corrected chi connectivity index (χ1v) is 5.17. The Morgan fingerprint density at radius 1 is 1.29 bits per heavy atom. The number of carbonyl (C=O) groups is 2.